The molecule has 2 saturated heterocycles. The molecular weight excluding hydrogens is 986 g/mol. The van der Waals surface area contributed by atoms with Crippen molar-refractivity contribution in [3.05, 3.63) is 71.7 Å². The maximum atomic E-state index is 15.4. The third-order valence-electron chi connectivity index (χ3n) is 13.5. The van der Waals surface area contributed by atoms with E-state index in [1.807, 2.05) is 18.2 Å². The van der Waals surface area contributed by atoms with Gasteiger partial charge in [0.2, 0.25) is 35.4 Å². The minimum absolute atomic E-state index is 0.00909. The highest BCUT2D eigenvalue weighted by Gasteiger charge is 2.41. The van der Waals surface area contributed by atoms with E-state index in [-0.39, 0.29) is 101 Å². The molecule has 7 atom stereocenters. The van der Waals surface area contributed by atoms with Crippen LogP contribution in [0.3, 0.4) is 0 Å². The molecule has 2 fully saturated rings. The number of nitrogens with zero attached hydrogens (tertiary/aromatic N) is 3. The number of primary amides is 1. The lowest BCUT2D eigenvalue weighted by Crippen LogP contribution is -2.57. The highest BCUT2D eigenvalue weighted by atomic mass is 19.1. The molecular formula is C52H70FN13O10. The Morgan fingerprint density at radius 2 is 1.42 bits per heavy atom. The number of hydrogen-bond donors (Lipinski definition) is 10. The topological polar surface area (TPSA) is 393 Å². The summed E-state index contributed by atoms with van der Waals surface area (Å²) in [5.74, 6) is -10.5. The highest BCUT2D eigenvalue weighted by molar-refractivity contribution is 6.01. The van der Waals surface area contributed by atoms with E-state index in [2.05, 4.69) is 36.2 Å². The molecule has 0 aliphatic carbocycles. The second-order valence-electron chi connectivity index (χ2n) is 19.4. The van der Waals surface area contributed by atoms with Crippen LogP contribution in [0.1, 0.15) is 102 Å². The average molecular weight is 1060 g/mol. The summed E-state index contributed by atoms with van der Waals surface area (Å²) in [6.45, 7) is 1.38. The van der Waals surface area contributed by atoms with Gasteiger partial charge in [-0.05, 0) is 81.0 Å². The number of H-pyrrole nitrogens is 1. The van der Waals surface area contributed by atoms with Crippen molar-refractivity contribution < 1.29 is 52.3 Å². The predicted octanol–water partition coefficient (Wildman–Crippen LogP) is -0.112. The molecule has 1 aromatic heterocycles. The van der Waals surface area contributed by atoms with Gasteiger partial charge in [-0.15, -0.1) is 0 Å². The van der Waals surface area contributed by atoms with E-state index in [1.165, 1.54) is 30.0 Å². The standard InChI is InChI=1S/C52H70FN13O10/c1-29(67)62-40(14-7-21-60-52(57)58)48(74)64-41-19-17-35(69)27-34(68)16-18-39(46(54)72)63-47(73)32(23-33-28-61-38-13-5-3-11-36(33)38)26-44(70)31(10-6-20-59-51(55)56)25-45(71)42(24-30-9-2-4-12-37(30)53)65-49(75)43-15-8-22-66(43)50(41)76/h2-5,9,11-13,28,31-32,39-43,61H,6-8,10,14-27H2,1H3,(H2,54,72)(H,62,67)(H,63,73)(H,64,74)(H,65,75)(H4,55,56,59)(H4,57,58,60)/t31-,32-,39+,40+,41+,42-,43+/m1/s1. The second-order valence-corrected chi connectivity index (χ2v) is 19.4. The lowest BCUT2D eigenvalue weighted by Gasteiger charge is -2.31. The Morgan fingerprint density at radius 3 is 2.11 bits per heavy atom. The molecule has 410 valence electrons. The molecule has 15 N–H and O–H groups in total. The number of carbonyl (C=O) groups excluding carboxylic acids is 10. The number of hydrogen-bond acceptors (Lipinski definition) is 12. The second kappa shape index (κ2) is 28.6. The zero-order valence-electron chi connectivity index (χ0n) is 42.7. The third kappa shape index (κ3) is 17.8. The van der Waals surface area contributed by atoms with E-state index < -0.39 is 132 Å². The van der Waals surface area contributed by atoms with Crippen LogP contribution in [0.5, 0.6) is 0 Å². The number of halogens is 1. The van der Waals surface area contributed by atoms with Crippen molar-refractivity contribution in [2.45, 2.75) is 133 Å². The number of benzene rings is 2. The molecule has 2 aliphatic rings. The number of nitrogens with two attached hydrogens (primary N) is 5. The van der Waals surface area contributed by atoms with Crippen LogP contribution >= 0.6 is 0 Å². The molecule has 0 bridgehead atoms. The normalized spacial score (nSPS) is 22.2. The molecule has 0 radical (unpaired) electrons. The van der Waals surface area contributed by atoms with Crippen LogP contribution in [0, 0.1) is 17.7 Å². The number of aromatic nitrogens is 1. The van der Waals surface area contributed by atoms with Crippen LogP contribution in [0.25, 0.3) is 10.9 Å². The van der Waals surface area contributed by atoms with Gasteiger partial charge in [-0.2, -0.15) is 0 Å². The number of aliphatic imine (C=N–C) groups is 2. The molecule has 0 saturated carbocycles. The summed E-state index contributed by atoms with van der Waals surface area (Å²) in [6.07, 6.45) is -0.864. The van der Waals surface area contributed by atoms with Gasteiger partial charge in [-0.3, -0.25) is 57.9 Å². The average Bonchev–Trinajstić information content (AvgIpc) is 4.03. The molecule has 2 aromatic carbocycles. The van der Waals surface area contributed by atoms with Crippen molar-refractivity contribution in [2.24, 2.45) is 50.5 Å². The Bertz CT molecular complexity index is 2680. The third-order valence-corrected chi connectivity index (χ3v) is 13.5. The van der Waals surface area contributed by atoms with Crippen molar-refractivity contribution >= 4 is 81.4 Å². The van der Waals surface area contributed by atoms with Gasteiger partial charge in [-0.25, -0.2) is 4.39 Å². The number of ketones is 4. The molecule has 6 amide bonds. The minimum Gasteiger partial charge on any atom is -0.370 e. The number of aromatic amines is 1. The Balaban J connectivity index is 1.54. The minimum atomic E-state index is -1.48. The van der Waals surface area contributed by atoms with E-state index in [4.69, 9.17) is 28.7 Å². The van der Waals surface area contributed by atoms with Gasteiger partial charge in [0.25, 0.3) is 0 Å². The number of para-hydroxylation sites is 1. The first-order chi connectivity index (χ1) is 36.2. The number of rotatable bonds is 16. The smallest absolute Gasteiger partial charge is 0.245 e. The van der Waals surface area contributed by atoms with Crippen LogP contribution in [0.4, 0.5) is 4.39 Å². The number of fused-ring (bicyclic) bond motifs is 2. The Hall–Kier alpha value is -8.05. The fourth-order valence-electron chi connectivity index (χ4n) is 9.57. The van der Waals surface area contributed by atoms with Gasteiger partial charge >= 0.3 is 0 Å². The number of nitrogens with one attached hydrogen (secondary N) is 5. The molecule has 24 heteroatoms. The van der Waals surface area contributed by atoms with Crippen LogP contribution in [-0.2, 0) is 60.8 Å². The molecule has 3 aromatic rings. The van der Waals surface area contributed by atoms with E-state index in [0.717, 1.165) is 10.9 Å². The van der Waals surface area contributed by atoms with E-state index in [9.17, 15) is 47.9 Å². The van der Waals surface area contributed by atoms with Crippen LogP contribution in [-0.4, -0.2) is 130 Å². The molecule has 5 rings (SSSR count). The molecule has 2 aliphatic heterocycles. The van der Waals surface area contributed by atoms with Crippen LogP contribution in [0.2, 0.25) is 0 Å². The molecule has 23 nitrogen and oxygen atoms in total. The summed E-state index contributed by atoms with van der Waals surface area (Å²) in [5, 5.41) is 11.3. The number of amides is 6. The summed E-state index contributed by atoms with van der Waals surface area (Å²) >= 11 is 0. The van der Waals surface area contributed by atoms with Crippen LogP contribution in [0.15, 0.2) is 64.7 Å². The lowest BCUT2D eigenvalue weighted by atomic mass is 9.83. The van der Waals surface area contributed by atoms with Crippen molar-refractivity contribution in [1.82, 2.24) is 31.2 Å². The molecule has 0 unspecified atom stereocenters. The van der Waals surface area contributed by atoms with Gasteiger partial charge in [0, 0.05) is 87.6 Å². The zero-order valence-corrected chi connectivity index (χ0v) is 42.7. The summed E-state index contributed by atoms with van der Waals surface area (Å²) in [7, 11) is 0. The Kier molecular flexibility index (Phi) is 22.1. The number of Topliss-reactive ketones (excluding diaryl/α,β-unsaturated/α-hetero) is 4. The van der Waals surface area contributed by atoms with Gasteiger partial charge in [-0.1, -0.05) is 36.4 Å². The number of carbonyl (C=O) groups is 10. The number of guanidine groups is 2. The van der Waals surface area contributed by atoms with E-state index in [0.29, 0.717) is 12.0 Å². The van der Waals surface area contributed by atoms with Crippen molar-refractivity contribution in [2.75, 3.05) is 19.6 Å². The lowest BCUT2D eigenvalue weighted by molar-refractivity contribution is -0.142. The maximum Gasteiger partial charge on any atom is 0.245 e. The summed E-state index contributed by atoms with van der Waals surface area (Å²) in [6, 6.07) is 6.11. The van der Waals surface area contributed by atoms with Crippen molar-refractivity contribution in [1.29, 1.82) is 0 Å². The largest absolute Gasteiger partial charge is 0.370 e. The highest BCUT2D eigenvalue weighted by Crippen LogP contribution is 2.27. The van der Waals surface area contributed by atoms with E-state index >= 15 is 4.39 Å². The monoisotopic (exact) mass is 1060 g/mol. The molecule has 76 heavy (non-hydrogen) atoms. The maximum absolute atomic E-state index is 15.4. The summed E-state index contributed by atoms with van der Waals surface area (Å²) < 4.78 is 15.4. The molecule has 0 spiro atoms. The quantitative estimate of drug-likeness (QED) is 0.0388. The predicted molar refractivity (Wildman–Crippen MR) is 279 cm³/mol. The van der Waals surface area contributed by atoms with Crippen molar-refractivity contribution in [3.63, 3.8) is 0 Å². The first-order valence-corrected chi connectivity index (χ1v) is 25.5. The summed E-state index contributed by atoms with van der Waals surface area (Å²) in [4.78, 5) is 151. The van der Waals surface area contributed by atoms with Gasteiger partial charge in [0.15, 0.2) is 17.7 Å². The SMILES string of the molecule is CC(=O)N[C@@H](CCCN=C(N)N)C(=O)N[C@H]1CCC(=O)CC(=O)CC[C@@H](C(N)=O)NC(=O)[C@H](Cc2c[nH]c3ccccc23)CC(=O)[C@H](CCCN=C(N)N)CC(=O)[C@@H](Cc2ccccc2F)NC(=O)[C@@H]2CCCN2C1=O. The zero-order chi connectivity index (χ0) is 55.5. The Morgan fingerprint density at radius 1 is 0.763 bits per heavy atom. The van der Waals surface area contributed by atoms with Gasteiger partial charge in [0.05, 0.1) is 12.5 Å². The fourth-order valence-corrected chi connectivity index (χ4v) is 9.57. The van der Waals surface area contributed by atoms with Crippen molar-refractivity contribution in [3.8, 4) is 0 Å². The molecule has 3 heterocycles. The van der Waals surface area contributed by atoms with Gasteiger partial charge < -0.3 is 59.8 Å². The van der Waals surface area contributed by atoms with Gasteiger partial charge in [0.1, 0.15) is 47.3 Å². The summed E-state index contributed by atoms with van der Waals surface area (Å²) in [5.41, 5.74) is 29.3. The van der Waals surface area contributed by atoms with E-state index in [1.54, 1.807) is 18.3 Å². The fraction of sp³-hybridized carbons (Fsp3) is 0.500. The van der Waals surface area contributed by atoms with Crippen LogP contribution < -0.4 is 49.9 Å². The first-order valence-electron chi connectivity index (χ1n) is 25.5. The first kappa shape index (κ1) is 58.8. The Labute approximate surface area is 438 Å².